The number of aromatic nitrogens is 1. The molecule has 0 bridgehead atoms. The zero-order chi connectivity index (χ0) is 16.1. The third-order valence-electron chi connectivity index (χ3n) is 2.94. The number of alkyl halides is 1. The van der Waals surface area contributed by atoms with E-state index in [1.54, 1.807) is 6.92 Å². The average Bonchev–Trinajstić information content (AvgIpc) is 2.88. The lowest BCUT2D eigenvalue weighted by Crippen LogP contribution is -2.21. The van der Waals surface area contributed by atoms with Gasteiger partial charge >= 0.3 is 0 Å². The fraction of sp³-hybridized carbons (Fsp3) is 0.286. The van der Waals surface area contributed by atoms with E-state index in [4.69, 9.17) is 4.42 Å². The Kier molecular flexibility index (Phi) is 5.84. The molecule has 1 atom stereocenters. The van der Waals surface area contributed by atoms with E-state index in [1.165, 1.54) is 0 Å². The van der Waals surface area contributed by atoms with Gasteiger partial charge in [-0.2, -0.15) is 5.54 Å². The number of amides is 1. The summed E-state index contributed by atoms with van der Waals surface area (Å²) in [5.74, 6) is -0.306. The van der Waals surface area contributed by atoms with Crippen LogP contribution in [0.25, 0.3) is 11.5 Å². The molecule has 22 heavy (non-hydrogen) atoms. The first-order valence-corrected chi connectivity index (χ1v) is 9.00. The van der Waals surface area contributed by atoms with Crippen molar-refractivity contribution in [3.05, 3.63) is 41.3 Å². The van der Waals surface area contributed by atoms with Crippen LogP contribution in [0.4, 0.5) is 4.48 Å². The molecular formula is C14H14BrFN2O3S. The van der Waals surface area contributed by atoms with E-state index in [9.17, 15) is 13.5 Å². The van der Waals surface area contributed by atoms with Crippen molar-refractivity contribution < 1.29 is 17.9 Å². The van der Waals surface area contributed by atoms with Gasteiger partial charge in [0.1, 0.15) is 11.5 Å². The van der Waals surface area contributed by atoms with Gasteiger partial charge in [-0.25, -0.2) is 4.98 Å². The molecule has 0 aliphatic carbocycles. The first-order valence-electron chi connectivity index (χ1n) is 6.39. The van der Waals surface area contributed by atoms with Crippen LogP contribution in [0.15, 0.2) is 28.7 Å². The topological polar surface area (TPSA) is 72.2 Å². The second kappa shape index (κ2) is 7.64. The molecule has 1 heterocycles. The summed E-state index contributed by atoms with van der Waals surface area (Å²) >= 11 is 3.37. The van der Waals surface area contributed by atoms with Crippen LogP contribution in [0, 0.1) is 6.92 Å². The van der Waals surface area contributed by atoms with Gasteiger partial charge in [0, 0.05) is 21.7 Å². The minimum Gasteiger partial charge on any atom is -0.441 e. The Balaban J connectivity index is 2.13. The van der Waals surface area contributed by atoms with E-state index < -0.39 is 22.5 Å². The highest BCUT2D eigenvalue weighted by atomic mass is 79.9. The highest BCUT2D eigenvalue weighted by molar-refractivity contribution is 9.08. The Morgan fingerprint density at radius 1 is 1.41 bits per heavy atom. The molecule has 0 saturated heterocycles. The van der Waals surface area contributed by atoms with Gasteiger partial charge in [0.05, 0.1) is 11.4 Å². The normalized spacial score (nSPS) is 12.1. The second-order valence-electron chi connectivity index (χ2n) is 4.60. The Labute approximate surface area is 137 Å². The van der Waals surface area contributed by atoms with Gasteiger partial charge in [-0.15, -0.1) is 4.48 Å². The minimum atomic E-state index is -1.54. The SMILES string of the molecule is Cc1oc(-c2ccc(CBr)cc2)nc1CS(=O)CC(=O)NF. The number of halogens is 2. The van der Waals surface area contributed by atoms with Crippen molar-refractivity contribution >= 4 is 32.6 Å². The van der Waals surface area contributed by atoms with E-state index in [1.807, 2.05) is 24.3 Å². The first-order chi connectivity index (χ1) is 10.5. The number of carbonyl (C=O) groups is 1. The summed E-state index contributed by atoms with van der Waals surface area (Å²) in [4.78, 5) is 15.2. The van der Waals surface area contributed by atoms with Crippen LogP contribution in [0.2, 0.25) is 0 Å². The number of nitrogens with one attached hydrogen (secondary N) is 1. The summed E-state index contributed by atoms with van der Waals surface area (Å²) in [6.45, 7) is 1.71. The Morgan fingerprint density at radius 2 is 2.09 bits per heavy atom. The predicted molar refractivity (Wildman–Crippen MR) is 85.3 cm³/mol. The molecule has 2 rings (SSSR count). The molecule has 0 aliphatic rings. The molecule has 1 N–H and O–H groups in total. The van der Waals surface area contributed by atoms with Crippen molar-refractivity contribution in [2.45, 2.75) is 18.0 Å². The average molecular weight is 389 g/mol. The maximum Gasteiger partial charge on any atom is 0.260 e. The Hall–Kier alpha value is -1.54. The van der Waals surface area contributed by atoms with Crippen molar-refractivity contribution in [1.29, 1.82) is 0 Å². The van der Waals surface area contributed by atoms with E-state index in [0.717, 1.165) is 22.0 Å². The lowest BCUT2D eigenvalue weighted by molar-refractivity contribution is -0.122. The molecule has 8 heteroatoms. The molecule has 0 spiro atoms. The Bertz CT molecular complexity index is 688. The highest BCUT2D eigenvalue weighted by Crippen LogP contribution is 2.23. The summed E-state index contributed by atoms with van der Waals surface area (Å²) in [7, 11) is -1.54. The molecule has 0 aliphatic heterocycles. The second-order valence-corrected chi connectivity index (χ2v) is 6.62. The molecule has 1 aromatic carbocycles. The molecule has 5 nitrogen and oxygen atoms in total. The predicted octanol–water partition coefficient (Wildman–Crippen LogP) is 2.79. The quantitative estimate of drug-likeness (QED) is 0.609. The van der Waals surface area contributed by atoms with Crippen LogP contribution in [-0.2, 0) is 26.7 Å². The zero-order valence-electron chi connectivity index (χ0n) is 11.8. The van der Waals surface area contributed by atoms with Crippen LogP contribution >= 0.6 is 15.9 Å². The number of carbonyl (C=O) groups excluding carboxylic acids is 1. The van der Waals surface area contributed by atoms with E-state index in [-0.39, 0.29) is 5.75 Å². The van der Waals surface area contributed by atoms with Crippen LogP contribution in [-0.4, -0.2) is 20.9 Å². The molecular weight excluding hydrogens is 375 g/mol. The number of nitrogens with zero attached hydrogens (tertiary/aromatic N) is 1. The monoisotopic (exact) mass is 388 g/mol. The van der Waals surface area contributed by atoms with E-state index in [0.29, 0.717) is 17.3 Å². The zero-order valence-corrected chi connectivity index (χ0v) is 14.2. The summed E-state index contributed by atoms with van der Waals surface area (Å²) in [5, 5.41) is 0.763. The van der Waals surface area contributed by atoms with Crippen LogP contribution in [0.1, 0.15) is 17.0 Å². The summed E-state index contributed by atoms with van der Waals surface area (Å²) in [6.07, 6.45) is 0. The number of hydrogen-bond acceptors (Lipinski definition) is 4. The van der Waals surface area contributed by atoms with Gasteiger partial charge in [-0.1, -0.05) is 28.1 Å². The lowest BCUT2D eigenvalue weighted by atomic mass is 10.1. The molecule has 1 unspecified atom stereocenters. The molecule has 1 aromatic heterocycles. The van der Waals surface area contributed by atoms with Crippen molar-refractivity contribution in [2.75, 3.05) is 5.75 Å². The fourth-order valence-electron chi connectivity index (χ4n) is 1.80. The van der Waals surface area contributed by atoms with Gasteiger partial charge in [-0.05, 0) is 24.6 Å². The first kappa shape index (κ1) is 16.8. The van der Waals surface area contributed by atoms with Crippen LogP contribution in [0.5, 0.6) is 0 Å². The largest absolute Gasteiger partial charge is 0.441 e. The highest BCUT2D eigenvalue weighted by Gasteiger charge is 2.16. The number of hydrogen-bond donors (Lipinski definition) is 1. The van der Waals surface area contributed by atoms with Crippen molar-refractivity contribution in [1.82, 2.24) is 10.5 Å². The molecule has 1 amide bonds. The standard InChI is InChI=1S/C14H14BrFN2O3S/c1-9-12(7-22(20)8-13(19)18-16)17-14(21-9)11-4-2-10(6-15)3-5-11/h2-5H,6-8H2,1H3,(H,18,19). The molecule has 0 radical (unpaired) electrons. The molecule has 118 valence electrons. The summed E-state index contributed by atoms with van der Waals surface area (Å²) in [6, 6.07) is 7.68. The number of rotatable bonds is 6. The van der Waals surface area contributed by atoms with Gasteiger partial charge in [0.2, 0.25) is 5.89 Å². The lowest BCUT2D eigenvalue weighted by Gasteiger charge is -1.98. The maximum absolute atomic E-state index is 11.9. The molecule has 2 aromatic rings. The third-order valence-corrected chi connectivity index (χ3v) is 4.77. The maximum atomic E-state index is 11.9. The van der Waals surface area contributed by atoms with Crippen molar-refractivity contribution in [3.8, 4) is 11.5 Å². The van der Waals surface area contributed by atoms with Gasteiger partial charge in [0.15, 0.2) is 0 Å². The smallest absolute Gasteiger partial charge is 0.260 e. The van der Waals surface area contributed by atoms with Crippen molar-refractivity contribution in [3.63, 3.8) is 0 Å². The molecule has 0 fully saturated rings. The summed E-state index contributed by atoms with van der Waals surface area (Å²) < 4.78 is 29.2. The van der Waals surface area contributed by atoms with E-state index >= 15 is 0 Å². The molecule has 0 saturated carbocycles. The van der Waals surface area contributed by atoms with Gasteiger partial charge < -0.3 is 4.42 Å². The van der Waals surface area contributed by atoms with Crippen LogP contribution < -0.4 is 5.54 Å². The number of aryl methyl sites for hydroxylation is 1. The third kappa shape index (κ3) is 4.23. The van der Waals surface area contributed by atoms with Gasteiger partial charge in [0.25, 0.3) is 5.91 Å². The minimum absolute atomic E-state index is 0.0439. The van der Waals surface area contributed by atoms with E-state index in [2.05, 4.69) is 20.9 Å². The summed E-state index contributed by atoms with van der Waals surface area (Å²) in [5.41, 5.74) is 3.40. The Morgan fingerprint density at radius 3 is 2.68 bits per heavy atom. The number of oxazole rings is 1. The fourth-order valence-corrected chi connectivity index (χ4v) is 3.19. The van der Waals surface area contributed by atoms with Gasteiger partial charge in [-0.3, -0.25) is 9.00 Å². The van der Waals surface area contributed by atoms with Crippen molar-refractivity contribution in [2.24, 2.45) is 0 Å². The number of benzene rings is 1. The van der Waals surface area contributed by atoms with Crippen LogP contribution in [0.3, 0.4) is 0 Å².